The van der Waals surface area contributed by atoms with Gasteiger partial charge in [0.05, 0.1) is 5.69 Å². The molecule has 0 saturated carbocycles. The highest BCUT2D eigenvalue weighted by Gasteiger charge is 2.11. The maximum Gasteiger partial charge on any atom is 0.157 e. The summed E-state index contributed by atoms with van der Waals surface area (Å²) >= 11 is 0. The molecule has 2 aromatic heterocycles. The van der Waals surface area contributed by atoms with Gasteiger partial charge in [0.15, 0.2) is 5.65 Å². The maximum atomic E-state index is 4.52. The summed E-state index contributed by atoms with van der Waals surface area (Å²) in [5.74, 6) is 0.622. The topological polar surface area (TPSA) is 30.7 Å². The Morgan fingerprint density at radius 2 is 2.00 bits per heavy atom. The van der Waals surface area contributed by atoms with Crippen molar-refractivity contribution in [3.05, 3.63) is 23.5 Å². The highest BCUT2D eigenvalue weighted by atomic mass is 15.3. The van der Waals surface area contributed by atoms with E-state index in [0.29, 0.717) is 5.92 Å². The third-order valence-electron chi connectivity index (χ3n) is 3.34. The summed E-state index contributed by atoms with van der Waals surface area (Å²) in [6.07, 6.45) is 4.34. The molecule has 16 heavy (non-hydrogen) atoms. The van der Waals surface area contributed by atoms with E-state index in [2.05, 4.69) is 30.0 Å². The predicted octanol–water partition coefficient (Wildman–Crippen LogP) is 3.18. The van der Waals surface area contributed by atoms with Crippen molar-refractivity contribution >= 4 is 11.0 Å². The van der Waals surface area contributed by atoms with Crippen molar-refractivity contribution < 1.29 is 0 Å². The third kappa shape index (κ3) is 1.70. The molecule has 0 N–H and O–H groups in total. The van der Waals surface area contributed by atoms with Crippen molar-refractivity contribution in [2.75, 3.05) is 0 Å². The second kappa shape index (κ2) is 4.24. The molecule has 2 heterocycles. The minimum Gasteiger partial charge on any atom is -0.250 e. The average Bonchev–Trinajstić information content (AvgIpc) is 2.57. The zero-order chi connectivity index (χ0) is 11.7. The van der Waals surface area contributed by atoms with Crippen LogP contribution in [-0.4, -0.2) is 14.8 Å². The van der Waals surface area contributed by atoms with E-state index in [-0.39, 0.29) is 0 Å². The van der Waals surface area contributed by atoms with Crippen LogP contribution in [0.1, 0.15) is 43.9 Å². The lowest BCUT2D eigenvalue weighted by Crippen LogP contribution is -1.97. The van der Waals surface area contributed by atoms with Gasteiger partial charge in [-0.2, -0.15) is 5.10 Å². The lowest BCUT2D eigenvalue weighted by molar-refractivity contribution is 0.640. The van der Waals surface area contributed by atoms with Crippen molar-refractivity contribution in [1.82, 2.24) is 14.8 Å². The highest BCUT2D eigenvalue weighted by Crippen LogP contribution is 2.25. The summed E-state index contributed by atoms with van der Waals surface area (Å²) in [6, 6.07) is 2.25. The molecular formula is C13H19N3. The summed E-state index contributed by atoms with van der Waals surface area (Å²) in [4.78, 5) is 4.52. The fourth-order valence-corrected chi connectivity index (χ4v) is 2.31. The number of aryl methyl sites for hydroxylation is 2. The van der Waals surface area contributed by atoms with Crippen LogP contribution in [-0.2, 0) is 7.05 Å². The van der Waals surface area contributed by atoms with Gasteiger partial charge in [-0.25, -0.2) is 4.98 Å². The van der Waals surface area contributed by atoms with Crippen molar-refractivity contribution in [3.8, 4) is 0 Å². The van der Waals surface area contributed by atoms with Gasteiger partial charge >= 0.3 is 0 Å². The van der Waals surface area contributed by atoms with Crippen LogP contribution in [0.25, 0.3) is 11.0 Å². The first kappa shape index (κ1) is 11.1. The normalized spacial score (nSPS) is 11.6. The van der Waals surface area contributed by atoms with Crippen LogP contribution in [0.4, 0.5) is 0 Å². The van der Waals surface area contributed by atoms with Crippen LogP contribution >= 0.6 is 0 Å². The summed E-state index contributed by atoms with van der Waals surface area (Å²) < 4.78 is 1.85. The van der Waals surface area contributed by atoms with Gasteiger partial charge in [0.2, 0.25) is 0 Å². The Hall–Kier alpha value is -1.38. The molecule has 0 amide bonds. The molecule has 2 rings (SSSR count). The molecule has 0 radical (unpaired) electrons. The van der Waals surface area contributed by atoms with Crippen LogP contribution in [0.3, 0.4) is 0 Å². The molecule has 0 aliphatic heterocycles. The van der Waals surface area contributed by atoms with Crippen LogP contribution in [0, 0.1) is 6.92 Å². The van der Waals surface area contributed by atoms with Gasteiger partial charge in [-0.3, -0.25) is 4.68 Å². The summed E-state index contributed by atoms with van der Waals surface area (Å²) in [5, 5.41) is 5.58. The quantitative estimate of drug-likeness (QED) is 0.790. The molecule has 0 atom stereocenters. The van der Waals surface area contributed by atoms with Crippen LogP contribution in [0.15, 0.2) is 12.3 Å². The Morgan fingerprint density at radius 1 is 1.31 bits per heavy atom. The monoisotopic (exact) mass is 217 g/mol. The van der Waals surface area contributed by atoms with Crippen molar-refractivity contribution in [3.63, 3.8) is 0 Å². The zero-order valence-electron chi connectivity index (χ0n) is 10.5. The Kier molecular flexibility index (Phi) is 2.95. The lowest BCUT2D eigenvalue weighted by atomic mass is 9.95. The summed E-state index contributed by atoms with van der Waals surface area (Å²) in [6.45, 7) is 6.50. The highest BCUT2D eigenvalue weighted by molar-refractivity contribution is 5.78. The lowest BCUT2D eigenvalue weighted by Gasteiger charge is -2.12. The van der Waals surface area contributed by atoms with E-state index in [4.69, 9.17) is 0 Å². The second-order valence-corrected chi connectivity index (χ2v) is 4.36. The fourth-order valence-electron chi connectivity index (χ4n) is 2.31. The number of pyridine rings is 1. The molecule has 2 aromatic rings. The van der Waals surface area contributed by atoms with Gasteiger partial charge in [-0.1, -0.05) is 13.8 Å². The van der Waals surface area contributed by atoms with Gasteiger partial charge < -0.3 is 0 Å². The number of hydrogen-bond acceptors (Lipinski definition) is 2. The first-order valence-electron chi connectivity index (χ1n) is 5.96. The minimum atomic E-state index is 0.622. The predicted molar refractivity (Wildman–Crippen MR) is 66.6 cm³/mol. The fraction of sp³-hybridized carbons (Fsp3) is 0.538. The van der Waals surface area contributed by atoms with Crippen molar-refractivity contribution in [2.45, 2.75) is 39.5 Å². The molecule has 0 aromatic carbocycles. The van der Waals surface area contributed by atoms with E-state index < -0.39 is 0 Å². The Bertz CT molecular complexity index is 495. The molecular weight excluding hydrogens is 198 g/mol. The van der Waals surface area contributed by atoms with E-state index in [9.17, 15) is 0 Å². The number of nitrogens with zero attached hydrogens (tertiary/aromatic N) is 3. The number of hydrogen-bond donors (Lipinski definition) is 0. The Labute approximate surface area is 96.5 Å². The van der Waals surface area contributed by atoms with Gasteiger partial charge in [0.25, 0.3) is 0 Å². The van der Waals surface area contributed by atoms with Crippen molar-refractivity contribution in [2.24, 2.45) is 7.05 Å². The molecule has 0 bridgehead atoms. The SMILES string of the molecule is CCC(CC)c1cnc2c(c1)c(C)nn2C. The summed E-state index contributed by atoms with van der Waals surface area (Å²) in [5.41, 5.74) is 3.39. The smallest absolute Gasteiger partial charge is 0.157 e. The largest absolute Gasteiger partial charge is 0.250 e. The standard InChI is InChI=1S/C13H19N3/c1-5-10(6-2)11-7-12-9(3)15-16(4)13(12)14-8-11/h7-8,10H,5-6H2,1-4H3. The molecule has 0 unspecified atom stereocenters. The van der Waals surface area contributed by atoms with Crippen LogP contribution < -0.4 is 0 Å². The van der Waals surface area contributed by atoms with Gasteiger partial charge in [-0.05, 0) is 37.3 Å². The molecule has 0 aliphatic rings. The molecule has 0 saturated heterocycles. The number of fused-ring (bicyclic) bond motifs is 1. The second-order valence-electron chi connectivity index (χ2n) is 4.36. The van der Waals surface area contributed by atoms with Gasteiger partial charge in [0.1, 0.15) is 0 Å². The van der Waals surface area contributed by atoms with Crippen LogP contribution in [0.5, 0.6) is 0 Å². The average molecular weight is 217 g/mol. The Morgan fingerprint density at radius 3 is 2.62 bits per heavy atom. The summed E-state index contributed by atoms with van der Waals surface area (Å²) in [7, 11) is 1.94. The van der Waals surface area contributed by atoms with Gasteiger partial charge in [0, 0.05) is 18.6 Å². The zero-order valence-corrected chi connectivity index (χ0v) is 10.5. The molecule has 86 valence electrons. The van der Waals surface area contributed by atoms with E-state index in [0.717, 1.165) is 11.3 Å². The molecule has 0 fully saturated rings. The first-order chi connectivity index (χ1) is 7.67. The molecule has 3 heteroatoms. The minimum absolute atomic E-state index is 0.622. The van der Waals surface area contributed by atoms with Crippen LogP contribution in [0.2, 0.25) is 0 Å². The van der Waals surface area contributed by atoms with Crippen molar-refractivity contribution in [1.29, 1.82) is 0 Å². The van der Waals surface area contributed by atoms with E-state index in [1.54, 1.807) is 0 Å². The number of aromatic nitrogens is 3. The maximum absolute atomic E-state index is 4.52. The molecule has 0 aliphatic carbocycles. The van der Waals surface area contributed by atoms with E-state index in [1.165, 1.54) is 23.8 Å². The van der Waals surface area contributed by atoms with Gasteiger partial charge in [-0.15, -0.1) is 0 Å². The third-order valence-corrected chi connectivity index (χ3v) is 3.34. The molecule has 3 nitrogen and oxygen atoms in total. The van der Waals surface area contributed by atoms with E-state index >= 15 is 0 Å². The van der Waals surface area contributed by atoms with E-state index in [1.807, 2.05) is 24.9 Å². The number of rotatable bonds is 3. The first-order valence-corrected chi connectivity index (χ1v) is 5.96. The molecule has 0 spiro atoms. The Balaban J connectivity index is 2.55.